The van der Waals surface area contributed by atoms with Crippen molar-refractivity contribution in [3.63, 3.8) is 0 Å². The second-order valence-electron chi connectivity index (χ2n) is 6.33. The minimum atomic E-state index is 0.454. The van der Waals surface area contributed by atoms with Crippen molar-refractivity contribution in [3.8, 4) is 23.2 Å². The number of anilines is 1. The summed E-state index contributed by atoms with van der Waals surface area (Å²) in [7, 11) is 1.93. The van der Waals surface area contributed by atoms with Crippen LogP contribution >= 0.6 is 0 Å². The lowest BCUT2D eigenvalue weighted by molar-refractivity contribution is -0.877. The van der Waals surface area contributed by atoms with E-state index in [9.17, 15) is 0 Å². The Hall–Kier alpha value is -3.72. The number of rotatable bonds is 0. The summed E-state index contributed by atoms with van der Waals surface area (Å²) in [5.74, 6) is 6.93. The molecule has 1 aliphatic rings. The summed E-state index contributed by atoms with van der Waals surface area (Å²) in [6.07, 6.45) is 7.59. The predicted molar refractivity (Wildman–Crippen MR) is 96.6 cm³/mol. The number of fused-ring (bicyclic) bond motifs is 4. The largest absolute Gasteiger partial charge is 0.383 e. The standard InChI is InChI=1S/C20H15N6/c1-24-11-15(18-19(21)22-12-23-20(18)24)7-5-14-6-8-17-16-4-2-3-9-25(16)13-26(17)10-14/h2-4,6,8-12,21H,13H2,1H3/q+1/p+1. The van der Waals surface area contributed by atoms with Crippen molar-refractivity contribution in [1.82, 2.24) is 14.5 Å². The average molecular weight is 340 g/mol. The van der Waals surface area contributed by atoms with Crippen LogP contribution in [0.15, 0.2) is 55.2 Å². The van der Waals surface area contributed by atoms with E-state index in [2.05, 4.69) is 61.5 Å². The zero-order chi connectivity index (χ0) is 17.7. The van der Waals surface area contributed by atoms with Gasteiger partial charge >= 0.3 is 6.67 Å². The molecule has 0 atom stereocenters. The Kier molecular flexibility index (Phi) is 3.03. The molecule has 6 nitrogen and oxygen atoms in total. The van der Waals surface area contributed by atoms with Crippen LogP contribution < -0.4 is 14.9 Å². The summed E-state index contributed by atoms with van der Waals surface area (Å²) in [6.45, 7) is 0.802. The lowest BCUT2D eigenvalue weighted by Gasteiger charge is -1.95. The van der Waals surface area contributed by atoms with Gasteiger partial charge in [0.2, 0.25) is 0 Å². The highest BCUT2D eigenvalue weighted by Gasteiger charge is 2.32. The summed E-state index contributed by atoms with van der Waals surface area (Å²) in [6, 6.07) is 10.4. The fraction of sp³-hybridized carbons (Fsp3) is 0.100. The van der Waals surface area contributed by atoms with E-state index in [0.717, 1.165) is 28.8 Å². The van der Waals surface area contributed by atoms with E-state index in [1.807, 2.05) is 29.9 Å². The molecular weight excluding hydrogens is 324 g/mol. The van der Waals surface area contributed by atoms with E-state index in [4.69, 9.17) is 5.73 Å². The Morgan fingerprint density at radius 1 is 1.08 bits per heavy atom. The van der Waals surface area contributed by atoms with Crippen molar-refractivity contribution in [2.45, 2.75) is 6.67 Å². The van der Waals surface area contributed by atoms with Crippen molar-refractivity contribution < 1.29 is 9.13 Å². The number of aromatic nitrogens is 5. The molecule has 0 aromatic carbocycles. The third-order valence-electron chi connectivity index (χ3n) is 4.66. The summed E-state index contributed by atoms with van der Waals surface area (Å²) >= 11 is 0. The zero-order valence-corrected chi connectivity index (χ0v) is 14.2. The first-order valence-corrected chi connectivity index (χ1v) is 8.30. The van der Waals surface area contributed by atoms with Crippen molar-refractivity contribution in [1.29, 1.82) is 0 Å². The molecule has 0 bridgehead atoms. The third kappa shape index (κ3) is 2.15. The first-order chi connectivity index (χ1) is 12.7. The lowest BCUT2D eigenvalue weighted by Crippen LogP contribution is -2.45. The molecule has 0 aliphatic carbocycles. The second-order valence-corrected chi connectivity index (χ2v) is 6.33. The summed E-state index contributed by atoms with van der Waals surface area (Å²) in [5, 5.41) is 0.805. The number of hydrogen-bond donors (Lipinski definition) is 1. The van der Waals surface area contributed by atoms with E-state index < -0.39 is 0 Å². The van der Waals surface area contributed by atoms with Crippen molar-refractivity contribution >= 4 is 16.9 Å². The first kappa shape index (κ1) is 14.6. The van der Waals surface area contributed by atoms with Crippen LogP contribution in [0.3, 0.4) is 0 Å². The Morgan fingerprint density at radius 3 is 2.88 bits per heavy atom. The van der Waals surface area contributed by atoms with Crippen molar-refractivity contribution in [2.24, 2.45) is 7.05 Å². The monoisotopic (exact) mass is 340 g/mol. The maximum Gasteiger partial charge on any atom is 0.345 e. The number of nitrogen functional groups attached to an aromatic ring is 1. The van der Waals surface area contributed by atoms with Gasteiger partial charge in [0.15, 0.2) is 12.4 Å². The molecule has 2 N–H and O–H groups in total. The molecule has 0 radical (unpaired) electrons. The van der Waals surface area contributed by atoms with E-state index in [1.54, 1.807) is 0 Å². The molecule has 0 saturated heterocycles. The normalized spacial score (nSPS) is 11.7. The van der Waals surface area contributed by atoms with Crippen LogP contribution in [0, 0.1) is 11.8 Å². The molecule has 0 unspecified atom stereocenters. The third-order valence-corrected chi connectivity index (χ3v) is 4.66. The van der Waals surface area contributed by atoms with Gasteiger partial charge in [-0.15, -0.1) is 9.13 Å². The van der Waals surface area contributed by atoms with E-state index in [0.29, 0.717) is 5.82 Å². The second kappa shape index (κ2) is 5.39. The fourth-order valence-electron chi connectivity index (χ4n) is 3.43. The van der Waals surface area contributed by atoms with Gasteiger partial charge in [-0.25, -0.2) is 9.97 Å². The number of hydrogen-bond acceptors (Lipinski definition) is 3. The molecule has 5 heterocycles. The number of nitrogens with zero attached hydrogens (tertiary/aromatic N) is 5. The molecule has 0 fully saturated rings. The smallest absolute Gasteiger partial charge is 0.345 e. The van der Waals surface area contributed by atoms with Crippen LogP contribution in [0.4, 0.5) is 5.82 Å². The van der Waals surface area contributed by atoms with Gasteiger partial charge in [0.25, 0.3) is 11.4 Å². The molecule has 0 spiro atoms. The molecular formula is C20H16N6+2. The zero-order valence-electron chi connectivity index (χ0n) is 14.2. The van der Waals surface area contributed by atoms with Gasteiger partial charge in [-0.3, -0.25) is 0 Å². The van der Waals surface area contributed by atoms with Gasteiger partial charge in [-0.2, -0.15) is 0 Å². The molecule has 5 rings (SSSR count). The number of aryl methyl sites for hydroxylation is 1. The lowest BCUT2D eigenvalue weighted by atomic mass is 10.2. The molecule has 124 valence electrons. The SMILES string of the molecule is Cn1cc(C#Cc2ccc3[n+](c2)C[n+]2ccccc2-3)c2c(N)ncnc21. The van der Waals surface area contributed by atoms with Crippen LogP contribution in [-0.4, -0.2) is 14.5 Å². The van der Waals surface area contributed by atoms with Gasteiger partial charge in [0.1, 0.15) is 17.8 Å². The van der Waals surface area contributed by atoms with Crippen LogP contribution in [0.25, 0.3) is 22.4 Å². The maximum atomic E-state index is 6.02. The molecule has 0 amide bonds. The maximum absolute atomic E-state index is 6.02. The van der Waals surface area contributed by atoms with Crippen molar-refractivity contribution in [3.05, 3.63) is 66.4 Å². The summed E-state index contributed by atoms with van der Waals surface area (Å²) < 4.78 is 6.34. The molecule has 0 saturated carbocycles. The Labute approximate surface area is 150 Å². The molecule has 4 aromatic heterocycles. The summed E-state index contributed by atoms with van der Waals surface area (Å²) in [5.41, 5.74) is 11.0. The highest BCUT2D eigenvalue weighted by Crippen LogP contribution is 2.22. The predicted octanol–water partition coefficient (Wildman–Crippen LogP) is 1.01. The van der Waals surface area contributed by atoms with E-state index >= 15 is 0 Å². The van der Waals surface area contributed by atoms with Gasteiger partial charge in [0, 0.05) is 31.4 Å². The first-order valence-electron chi connectivity index (χ1n) is 8.30. The molecule has 26 heavy (non-hydrogen) atoms. The Bertz CT molecular complexity index is 1240. The topological polar surface area (TPSA) is 64.5 Å². The van der Waals surface area contributed by atoms with Crippen molar-refractivity contribution in [2.75, 3.05) is 5.73 Å². The average Bonchev–Trinajstić information content (AvgIpc) is 3.18. The highest BCUT2D eigenvalue weighted by atomic mass is 15.2. The van der Waals surface area contributed by atoms with Crippen LogP contribution in [0.5, 0.6) is 0 Å². The van der Waals surface area contributed by atoms with Gasteiger partial charge < -0.3 is 10.3 Å². The summed E-state index contributed by atoms with van der Waals surface area (Å²) in [4.78, 5) is 8.37. The quantitative estimate of drug-likeness (QED) is 0.338. The molecule has 1 aliphatic heterocycles. The number of pyridine rings is 2. The van der Waals surface area contributed by atoms with E-state index in [1.165, 1.54) is 17.7 Å². The van der Waals surface area contributed by atoms with Gasteiger partial charge in [-0.05, 0) is 12.1 Å². The van der Waals surface area contributed by atoms with E-state index in [-0.39, 0.29) is 0 Å². The Morgan fingerprint density at radius 2 is 1.96 bits per heavy atom. The van der Waals surface area contributed by atoms with Crippen LogP contribution in [-0.2, 0) is 13.7 Å². The minimum absolute atomic E-state index is 0.454. The fourth-order valence-corrected chi connectivity index (χ4v) is 3.43. The number of nitrogens with two attached hydrogens (primary N) is 1. The molecule has 6 heteroatoms. The molecule has 4 aromatic rings. The van der Waals surface area contributed by atoms with Gasteiger partial charge in [0.05, 0.1) is 16.5 Å². The van der Waals surface area contributed by atoms with Crippen LogP contribution in [0.2, 0.25) is 0 Å². The van der Waals surface area contributed by atoms with Gasteiger partial charge in [-0.1, -0.05) is 11.8 Å². The van der Waals surface area contributed by atoms with Crippen LogP contribution in [0.1, 0.15) is 11.1 Å². The minimum Gasteiger partial charge on any atom is -0.383 e. The highest BCUT2D eigenvalue weighted by molar-refractivity contribution is 5.92. The Balaban J connectivity index is 1.56.